The number of carbonyl (C=O) groups excluding carboxylic acids is 1. The fourth-order valence-electron chi connectivity index (χ4n) is 1.80. The molecule has 6 nitrogen and oxygen atoms in total. The Balaban J connectivity index is 2.21. The summed E-state index contributed by atoms with van der Waals surface area (Å²) in [6.07, 6.45) is 0. The van der Waals surface area contributed by atoms with Crippen LogP contribution >= 0.6 is 0 Å². The summed E-state index contributed by atoms with van der Waals surface area (Å²) in [7, 11) is -5.46. The third-order valence-electron chi connectivity index (χ3n) is 3.03. The predicted molar refractivity (Wildman–Crippen MR) is 83.1 cm³/mol. The highest BCUT2D eigenvalue weighted by atomic mass is 32.2. The smallest absolute Gasteiger partial charge is 0.322 e. The van der Waals surface area contributed by atoms with E-state index in [9.17, 15) is 30.6 Å². The first-order valence-corrected chi connectivity index (χ1v) is 9.05. The molecule has 0 aliphatic heterocycles. The van der Waals surface area contributed by atoms with E-state index in [1.54, 1.807) is 0 Å². The van der Waals surface area contributed by atoms with Gasteiger partial charge in [0.25, 0.3) is 15.7 Å². The quantitative estimate of drug-likeness (QED) is 0.778. The van der Waals surface area contributed by atoms with Gasteiger partial charge >= 0.3 is 5.51 Å². The zero-order valence-electron chi connectivity index (χ0n) is 12.1. The van der Waals surface area contributed by atoms with E-state index in [2.05, 4.69) is 5.32 Å². The van der Waals surface area contributed by atoms with Gasteiger partial charge in [-0.2, -0.15) is 13.2 Å². The lowest BCUT2D eigenvalue weighted by Crippen LogP contribution is -2.23. The van der Waals surface area contributed by atoms with Gasteiger partial charge in [0.05, 0.1) is 9.79 Å². The Morgan fingerprint density at radius 1 is 1.08 bits per heavy atom. The van der Waals surface area contributed by atoms with Gasteiger partial charge in [-0.1, -0.05) is 6.07 Å². The van der Waals surface area contributed by atoms with Crippen LogP contribution in [0.5, 0.6) is 0 Å². The lowest BCUT2D eigenvalue weighted by molar-refractivity contribution is -0.0436. The first-order valence-electron chi connectivity index (χ1n) is 6.46. The number of rotatable bonds is 4. The molecule has 0 saturated carbocycles. The maximum Gasteiger partial charge on any atom is 0.501 e. The molecule has 0 saturated heterocycles. The number of nitrogens with one attached hydrogen (secondary N) is 1. The van der Waals surface area contributed by atoms with E-state index in [1.807, 2.05) is 0 Å². The number of carbonyl (C=O) groups is 1. The molecule has 2 N–H and O–H groups in total. The van der Waals surface area contributed by atoms with E-state index in [4.69, 9.17) is 4.55 Å². The highest BCUT2D eigenvalue weighted by Gasteiger charge is 2.46. The van der Waals surface area contributed by atoms with Crippen molar-refractivity contribution in [1.29, 1.82) is 0 Å². The van der Waals surface area contributed by atoms with Gasteiger partial charge in [0.2, 0.25) is 0 Å². The van der Waals surface area contributed by atoms with Crippen LogP contribution in [0.4, 0.5) is 18.9 Å². The maximum absolute atomic E-state index is 12.5. The van der Waals surface area contributed by atoms with Crippen molar-refractivity contribution in [3.8, 4) is 0 Å². The highest BCUT2D eigenvalue weighted by molar-refractivity contribution is 7.92. The molecule has 25 heavy (non-hydrogen) atoms. The molecule has 0 spiro atoms. The van der Waals surface area contributed by atoms with Crippen molar-refractivity contribution in [2.24, 2.45) is 0 Å². The Morgan fingerprint density at radius 3 is 2.20 bits per heavy atom. The summed E-state index contributed by atoms with van der Waals surface area (Å²) in [5.74, 6) is -0.682. The molecule has 0 aliphatic carbocycles. The monoisotopic (exact) mass is 393 g/mol. The first-order chi connectivity index (χ1) is 11.5. The third kappa shape index (κ3) is 4.24. The molecule has 2 aromatic rings. The van der Waals surface area contributed by atoms with Crippen molar-refractivity contribution in [3.63, 3.8) is 0 Å². The Bertz CT molecular complexity index is 924. The Hall–Kier alpha value is -2.24. The van der Waals surface area contributed by atoms with Crippen molar-refractivity contribution in [3.05, 3.63) is 54.1 Å². The third-order valence-corrected chi connectivity index (χ3v) is 5.18. The Kier molecular flexibility index (Phi) is 5.30. The minimum absolute atomic E-state index is 0.000677. The number of alkyl halides is 3. The van der Waals surface area contributed by atoms with Crippen molar-refractivity contribution in [1.82, 2.24) is 0 Å². The molecule has 0 aromatic heterocycles. The van der Waals surface area contributed by atoms with Gasteiger partial charge in [-0.15, -0.1) is 0 Å². The van der Waals surface area contributed by atoms with Gasteiger partial charge in [-0.25, -0.2) is 12.6 Å². The van der Waals surface area contributed by atoms with Crippen LogP contribution in [0.1, 0.15) is 10.4 Å². The lowest BCUT2D eigenvalue weighted by atomic mass is 10.2. The number of benzene rings is 2. The number of sulfone groups is 1. The van der Waals surface area contributed by atoms with Crippen LogP contribution in [0.2, 0.25) is 0 Å². The van der Waals surface area contributed by atoms with E-state index >= 15 is 0 Å². The van der Waals surface area contributed by atoms with Gasteiger partial charge in [-0.05, 0) is 42.5 Å². The summed E-state index contributed by atoms with van der Waals surface area (Å²) < 4.78 is 79.8. The molecule has 0 heterocycles. The van der Waals surface area contributed by atoms with Crippen LogP contribution in [0.25, 0.3) is 0 Å². The van der Waals surface area contributed by atoms with Crippen LogP contribution in [-0.4, -0.2) is 28.6 Å². The summed E-state index contributed by atoms with van der Waals surface area (Å²) in [4.78, 5) is 11.1. The predicted octanol–water partition coefficient (Wildman–Crippen LogP) is 2.81. The molecule has 0 radical (unpaired) electrons. The van der Waals surface area contributed by atoms with Crippen molar-refractivity contribution < 1.29 is 35.1 Å². The van der Waals surface area contributed by atoms with E-state index < -0.39 is 37.2 Å². The summed E-state index contributed by atoms with van der Waals surface area (Å²) in [6.45, 7) is 0. The molecule has 1 atom stereocenters. The number of hydrogen-bond donors (Lipinski definition) is 2. The molecule has 1 unspecified atom stereocenters. The molecule has 0 fully saturated rings. The standard InChI is InChI=1S/C14H10F3NO5S2/c15-14(16,17)25(22,23)12-6-4-10(5-7-12)18-13(19)9-2-1-3-11(8-9)24(20)21/h1-8H,(H,18,19)(H,20,21). The zero-order valence-corrected chi connectivity index (χ0v) is 13.8. The molecule has 1 amide bonds. The molecule has 0 aliphatic rings. The van der Waals surface area contributed by atoms with E-state index in [0.29, 0.717) is 0 Å². The number of amides is 1. The first kappa shape index (κ1) is 19.1. The minimum Gasteiger partial charge on any atom is -0.322 e. The number of halogens is 3. The van der Waals surface area contributed by atoms with Crippen molar-refractivity contribution in [2.75, 3.05) is 5.32 Å². The molecule has 0 bridgehead atoms. The van der Waals surface area contributed by atoms with Crippen LogP contribution in [0.3, 0.4) is 0 Å². The largest absolute Gasteiger partial charge is 0.501 e. The summed E-state index contributed by atoms with van der Waals surface area (Å²) >= 11 is -2.28. The Morgan fingerprint density at radius 2 is 1.68 bits per heavy atom. The van der Waals surface area contributed by atoms with Crippen LogP contribution < -0.4 is 5.32 Å². The fourth-order valence-corrected chi connectivity index (χ4v) is 2.98. The van der Waals surface area contributed by atoms with Gasteiger partial charge in [-0.3, -0.25) is 4.79 Å². The topological polar surface area (TPSA) is 101 Å². The van der Waals surface area contributed by atoms with Crippen molar-refractivity contribution in [2.45, 2.75) is 15.3 Å². The maximum atomic E-state index is 12.5. The summed E-state index contributed by atoms with van der Waals surface area (Å²) in [6, 6.07) is 8.72. The second kappa shape index (κ2) is 6.94. The summed E-state index contributed by atoms with van der Waals surface area (Å²) in [5.41, 5.74) is -5.31. The lowest BCUT2D eigenvalue weighted by Gasteiger charge is -2.09. The molecule has 2 aromatic carbocycles. The van der Waals surface area contributed by atoms with Gasteiger partial charge in [0.1, 0.15) is 0 Å². The van der Waals surface area contributed by atoms with Crippen LogP contribution in [-0.2, 0) is 20.9 Å². The Labute approximate surface area is 142 Å². The van der Waals surface area contributed by atoms with E-state index in [-0.39, 0.29) is 16.1 Å². The molecule has 2 rings (SSSR count). The minimum atomic E-state index is -5.46. The molecular formula is C14H10F3NO5S2. The van der Waals surface area contributed by atoms with Gasteiger partial charge < -0.3 is 9.87 Å². The highest BCUT2D eigenvalue weighted by Crippen LogP contribution is 2.30. The van der Waals surface area contributed by atoms with E-state index in [0.717, 1.165) is 24.3 Å². The average molecular weight is 393 g/mol. The number of hydrogen-bond acceptors (Lipinski definition) is 4. The number of anilines is 1. The zero-order chi connectivity index (χ0) is 18.8. The van der Waals surface area contributed by atoms with Gasteiger partial charge in [0, 0.05) is 11.3 Å². The average Bonchev–Trinajstić information content (AvgIpc) is 2.54. The van der Waals surface area contributed by atoms with Gasteiger partial charge in [0.15, 0.2) is 11.1 Å². The SMILES string of the molecule is O=C(Nc1ccc(S(=O)(=O)C(F)(F)F)cc1)c1cccc(S(=O)O)c1. The van der Waals surface area contributed by atoms with Crippen LogP contribution in [0, 0.1) is 0 Å². The summed E-state index contributed by atoms with van der Waals surface area (Å²) in [5, 5.41) is 2.35. The van der Waals surface area contributed by atoms with Crippen LogP contribution in [0.15, 0.2) is 58.3 Å². The molecule has 134 valence electrons. The fraction of sp³-hybridized carbons (Fsp3) is 0.0714. The second-order valence-corrected chi connectivity index (χ2v) is 7.62. The normalized spacial score (nSPS) is 13.3. The molecular weight excluding hydrogens is 383 g/mol. The van der Waals surface area contributed by atoms with Crippen molar-refractivity contribution >= 4 is 32.5 Å². The van der Waals surface area contributed by atoms with E-state index in [1.165, 1.54) is 24.3 Å². The molecule has 11 heteroatoms. The second-order valence-electron chi connectivity index (χ2n) is 4.70.